The molecule has 1 unspecified atom stereocenters. The highest BCUT2D eigenvalue weighted by atomic mass is 16.5. The SMILES string of the molecule is Cc1c(C(=O)c2ccccn2)oc2cccc(OCCC(N)Cc3cccnc3)c12. The Kier molecular flexibility index (Phi) is 5.86. The Balaban J connectivity index is 1.48. The minimum atomic E-state index is -0.242. The standard InChI is InChI=1S/C24H23N3O3/c1-16-22-20(29-13-10-18(25)14-17-6-5-11-26-15-17)8-4-9-21(22)30-24(16)23(28)19-7-2-3-12-27-19/h2-9,11-12,15,18H,10,13-14,25H2,1H3. The molecule has 2 N–H and O–H groups in total. The van der Waals surface area contributed by atoms with Gasteiger partial charge in [0.25, 0.3) is 0 Å². The number of furan rings is 1. The molecule has 0 radical (unpaired) electrons. The molecule has 30 heavy (non-hydrogen) atoms. The lowest BCUT2D eigenvalue weighted by Crippen LogP contribution is -2.25. The molecule has 1 aromatic carbocycles. The molecule has 0 saturated heterocycles. The number of ether oxygens (including phenoxy) is 1. The highest BCUT2D eigenvalue weighted by Gasteiger charge is 2.22. The van der Waals surface area contributed by atoms with E-state index in [-0.39, 0.29) is 17.6 Å². The number of nitrogens with zero attached hydrogens (tertiary/aromatic N) is 2. The Labute approximate surface area is 174 Å². The van der Waals surface area contributed by atoms with E-state index in [1.165, 1.54) is 0 Å². The van der Waals surface area contributed by atoms with Crippen LogP contribution >= 0.6 is 0 Å². The fourth-order valence-corrected chi connectivity index (χ4v) is 3.46. The molecule has 6 nitrogen and oxygen atoms in total. The minimum Gasteiger partial charge on any atom is -0.493 e. The molecule has 152 valence electrons. The third kappa shape index (κ3) is 4.23. The van der Waals surface area contributed by atoms with E-state index in [0.29, 0.717) is 30.1 Å². The number of aryl methyl sites for hydroxylation is 1. The van der Waals surface area contributed by atoms with Crippen LogP contribution in [0.1, 0.15) is 33.8 Å². The van der Waals surface area contributed by atoms with E-state index < -0.39 is 0 Å². The van der Waals surface area contributed by atoms with Gasteiger partial charge in [-0.25, -0.2) is 0 Å². The van der Waals surface area contributed by atoms with E-state index in [0.717, 1.165) is 22.9 Å². The van der Waals surface area contributed by atoms with Gasteiger partial charge in [0, 0.05) is 30.2 Å². The van der Waals surface area contributed by atoms with E-state index in [9.17, 15) is 4.79 Å². The molecule has 0 bridgehead atoms. The van der Waals surface area contributed by atoms with Crippen LogP contribution in [0.15, 0.2) is 71.5 Å². The van der Waals surface area contributed by atoms with E-state index in [1.807, 2.05) is 43.5 Å². The Bertz CT molecular complexity index is 1140. The van der Waals surface area contributed by atoms with Gasteiger partial charge in [0.05, 0.1) is 12.0 Å². The van der Waals surface area contributed by atoms with Gasteiger partial charge >= 0.3 is 0 Å². The summed E-state index contributed by atoms with van der Waals surface area (Å²) in [5.74, 6) is 0.726. The highest BCUT2D eigenvalue weighted by molar-refractivity contribution is 6.10. The number of ketones is 1. The largest absolute Gasteiger partial charge is 0.493 e. The van der Waals surface area contributed by atoms with Gasteiger partial charge < -0.3 is 14.9 Å². The quantitative estimate of drug-likeness (QED) is 0.447. The van der Waals surface area contributed by atoms with Crippen molar-refractivity contribution in [2.45, 2.75) is 25.8 Å². The fourth-order valence-electron chi connectivity index (χ4n) is 3.46. The van der Waals surface area contributed by atoms with Crippen LogP contribution in [0, 0.1) is 6.92 Å². The zero-order valence-electron chi connectivity index (χ0n) is 16.7. The summed E-state index contributed by atoms with van der Waals surface area (Å²) in [4.78, 5) is 21.1. The molecule has 0 saturated carbocycles. The van der Waals surface area contributed by atoms with Crippen molar-refractivity contribution < 1.29 is 13.9 Å². The molecule has 3 heterocycles. The van der Waals surface area contributed by atoms with Crippen molar-refractivity contribution in [3.63, 3.8) is 0 Å². The van der Waals surface area contributed by atoms with Gasteiger partial charge in [-0.3, -0.25) is 14.8 Å². The van der Waals surface area contributed by atoms with Gasteiger partial charge in [-0.15, -0.1) is 0 Å². The maximum absolute atomic E-state index is 12.8. The third-order valence-electron chi connectivity index (χ3n) is 4.99. The Morgan fingerprint density at radius 2 is 2.03 bits per heavy atom. The topological polar surface area (TPSA) is 91.2 Å². The Morgan fingerprint density at radius 3 is 2.80 bits per heavy atom. The molecule has 3 aromatic heterocycles. The summed E-state index contributed by atoms with van der Waals surface area (Å²) < 4.78 is 11.9. The Morgan fingerprint density at radius 1 is 1.13 bits per heavy atom. The monoisotopic (exact) mass is 401 g/mol. The molecular weight excluding hydrogens is 378 g/mol. The normalized spacial score (nSPS) is 12.1. The first-order valence-corrected chi connectivity index (χ1v) is 9.88. The summed E-state index contributed by atoms with van der Waals surface area (Å²) in [5, 5.41) is 0.803. The second-order valence-corrected chi connectivity index (χ2v) is 7.19. The first kappa shape index (κ1) is 19.8. The molecule has 0 aliphatic heterocycles. The predicted molar refractivity (Wildman–Crippen MR) is 115 cm³/mol. The van der Waals surface area contributed by atoms with Gasteiger partial charge in [0.1, 0.15) is 17.0 Å². The van der Waals surface area contributed by atoms with Crippen LogP contribution in [0.3, 0.4) is 0 Å². The van der Waals surface area contributed by atoms with Crippen molar-refractivity contribution in [3.8, 4) is 5.75 Å². The van der Waals surface area contributed by atoms with Crippen molar-refractivity contribution in [2.24, 2.45) is 5.73 Å². The maximum Gasteiger partial charge on any atom is 0.246 e. The molecule has 0 aliphatic carbocycles. The zero-order valence-corrected chi connectivity index (χ0v) is 16.7. The van der Waals surface area contributed by atoms with Crippen LogP contribution < -0.4 is 10.5 Å². The van der Waals surface area contributed by atoms with Crippen LogP contribution in [0.2, 0.25) is 0 Å². The van der Waals surface area contributed by atoms with Gasteiger partial charge in [-0.05, 0) is 55.7 Å². The number of hydrogen-bond acceptors (Lipinski definition) is 6. The number of aromatic nitrogens is 2. The Hall–Kier alpha value is -3.51. The molecule has 4 aromatic rings. The van der Waals surface area contributed by atoms with Crippen molar-refractivity contribution in [3.05, 3.63) is 89.7 Å². The lowest BCUT2D eigenvalue weighted by Gasteiger charge is -2.13. The van der Waals surface area contributed by atoms with Crippen LogP contribution in [0.4, 0.5) is 0 Å². The van der Waals surface area contributed by atoms with E-state index in [2.05, 4.69) is 9.97 Å². The summed E-state index contributed by atoms with van der Waals surface area (Å²) in [6.07, 6.45) is 6.61. The van der Waals surface area contributed by atoms with Crippen LogP contribution in [-0.2, 0) is 6.42 Å². The molecule has 4 rings (SSSR count). The molecule has 0 fully saturated rings. The highest BCUT2D eigenvalue weighted by Crippen LogP contribution is 2.34. The van der Waals surface area contributed by atoms with Gasteiger partial charge in [-0.1, -0.05) is 18.2 Å². The second kappa shape index (κ2) is 8.88. The fraction of sp³-hybridized carbons (Fsp3) is 0.208. The van der Waals surface area contributed by atoms with Gasteiger partial charge in [-0.2, -0.15) is 0 Å². The molecule has 0 aliphatic rings. The minimum absolute atomic E-state index is 0.0276. The summed E-state index contributed by atoms with van der Waals surface area (Å²) in [5.41, 5.74) is 9.06. The maximum atomic E-state index is 12.8. The van der Waals surface area contributed by atoms with E-state index in [1.54, 1.807) is 30.6 Å². The van der Waals surface area contributed by atoms with E-state index >= 15 is 0 Å². The van der Waals surface area contributed by atoms with Gasteiger partial charge in [0.2, 0.25) is 5.78 Å². The predicted octanol–water partition coefficient (Wildman–Crippen LogP) is 4.10. The molecule has 0 spiro atoms. The number of carbonyl (C=O) groups excluding carboxylic acids is 1. The first-order valence-electron chi connectivity index (χ1n) is 9.88. The van der Waals surface area contributed by atoms with Gasteiger partial charge in [0.15, 0.2) is 5.76 Å². The molecule has 6 heteroatoms. The average molecular weight is 401 g/mol. The van der Waals surface area contributed by atoms with Crippen molar-refractivity contribution in [1.82, 2.24) is 9.97 Å². The average Bonchev–Trinajstić information content (AvgIpc) is 3.12. The molecular formula is C24H23N3O3. The summed E-state index contributed by atoms with van der Waals surface area (Å²) >= 11 is 0. The summed E-state index contributed by atoms with van der Waals surface area (Å²) in [7, 11) is 0. The lowest BCUT2D eigenvalue weighted by molar-refractivity contribution is 0.101. The van der Waals surface area contributed by atoms with Crippen molar-refractivity contribution in [1.29, 1.82) is 0 Å². The van der Waals surface area contributed by atoms with Crippen LogP contribution in [0.25, 0.3) is 11.0 Å². The van der Waals surface area contributed by atoms with E-state index in [4.69, 9.17) is 14.9 Å². The number of benzene rings is 1. The smallest absolute Gasteiger partial charge is 0.246 e. The third-order valence-corrected chi connectivity index (χ3v) is 4.99. The van der Waals surface area contributed by atoms with Crippen LogP contribution in [-0.4, -0.2) is 28.4 Å². The number of rotatable bonds is 8. The molecule has 1 atom stereocenters. The number of carbonyl (C=O) groups is 1. The van der Waals surface area contributed by atoms with Crippen molar-refractivity contribution >= 4 is 16.8 Å². The number of nitrogens with two attached hydrogens (primary N) is 1. The number of fused-ring (bicyclic) bond motifs is 1. The number of hydrogen-bond donors (Lipinski definition) is 1. The van der Waals surface area contributed by atoms with Crippen molar-refractivity contribution in [2.75, 3.05) is 6.61 Å². The lowest BCUT2D eigenvalue weighted by atomic mass is 10.1. The second-order valence-electron chi connectivity index (χ2n) is 7.19. The number of pyridine rings is 2. The zero-order chi connectivity index (χ0) is 20.9. The first-order chi connectivity index (χ1) is 14.6. The summed E-state index contributed by atoms with van der Waals surface area (Å²) in [6.45, 7) is 2.33. The molecule has 0 amide bonds. The van der Waals surface area contributed by atoms with Crippen LogP contribution in [0.5, 0.6) is 5.75 Å². The summed E-state index contributed by atoms with van der Waals surface area (Å²) in [6, 6.07) is 14.7.